The number of hydrogen-bond acceptors (Lipinski definition) is 1. The van der Waals surface area contributed by atoms with E-state index in [9.17, 15) is 4.79 Å². The maximum Gasteiger partial charge on any atom is 0.222 e. The summed E-state index contributed by atoms with van der Waals surface area (Å²) in [5.74, 6) is 2.11. The first kappa shape index (κ1) is 8.09. The molecule has 0 radical (unpaired) electrons. The molecule has 1 heterocycles. The van der Waals surface area contributed by atoms with E-state index in [0.29, 0.717) is 5.91 Å². The zero-order valence-electron chi connectivity index (χ0n) is 7.75. The van der Waals surface area contributed by atoms with Crippen LogP contribution in [0.25, 0.3) is 0 Å². The van der Waals surface area contributed by atoms with E-state index in [1.54, 1.807) is 0 Å². The summed E-state index contributed by atoms with van der Waals surface area (Å²) in [6, 6.07) is 0. The topological polar surface area (TPSA) is 20.3 Å². The summed E-state index contributed by atoms with van der Waals surface area (Å²) in [4.78, 5) is 13.6. The molecule has 2 heteroatoms. The molecule has 2 aliphatic rings. The highest BCUT2D eigenvalue weighted by molar-refractivity contribution is 5.76. The number of likely N-dealkylation sites (tertiary alicyclic amines) is 1. The largest absolute Gasteiger partial charge is 0.342 e. The van der Waals surface area contributed by atoms with Crippen LogP contribution in [-0.2, 0) is 4.79 Å². The molecular formula is C10H17NO. The molecule has 0 aromatic rings. The number of nitrogens with zero attached hydrogens (tertiary/aromatic N) is 1. The Hall–Kier alpha value is -0.530. The second-order valence-corrected chi connectivity index (χ2v) is 4.15. The molecule has 0 aromatic carbocycles. The molecule has 2 nitrogen and oxygen atoms in total. The van der Waals surface area contributed by atoms with Gasteiger partial charge in [0.2, 0.25) is 5.91 Å². The molecule has 0 N–H and O–H groups in total. The molecule has 0 bridgehead atoms. The Kier molecular flexibility index (Phi) is 2.07. The third kappa shape index (κ3) is 1.23. The first-order valence-electron chi connectivity index (χ1n) is 5.09. The Labute approximate surface area is 73.9 Å². The van der Waals surface area contributed by atoms with Crippen LogP contribution in [-0.4, -0.2) is 23.9 Å². The molecule has 0 spiro atoms. The van der Waals surface area contributed by atoms with E-state index >= 15 is 0 Å². The van der Waals surface area contributed by atoms with E-state index < -0.39 is 0 Å². The van der Waals surface area contributed by atoms with Crippen LogP contribution in [0.15, 0.2) is 0 Å². The maximum absolute atomic E-state index is 11.5. The molecule has 68 valence electrons. The molecular weight excluding hydrogens is 150 g/mol. The lowest BCUT2D eigenvalue weighted by atomic mass is 9.77. The quantitative estimate of drug-likeness (QED) is 0.612. The zero-order chi connectivity index (χ0) is 8.55. The van der Waals surface area contributed by atoms with Gasteiger partial charge in [0.05, 0.1) is 0 Å². The molecule has 2 unspecified atom stereocenters. The van der Waals surface area contributed by atoms with Gasteiger partial charge in [-0.3, -0.25) is 4.79 Å². The zero-order valence-corrected chi connectivity index (χ0v) is 7.75. The standard InChI is InChI=1S/C10H17NO/c1-2-3-10(12)11-6-8-4-5-9(8)7-11/h8-9H,2-7H2,1H3. The summed E-state index contributed by atoms with van der Waals surface area (Å²) in [5, 5.41) is 0. The Bertz CT molecular complexity index is 178. The second kappa shape index (κ2) is 3.08. The molecule has 1 amide bonds. The van der Waals surface area contributed by atoms with Gasteiger partial charge in [0.25, 0.3) is 0 Å². The number of hydrogen-bond donors (Lipinski definition) is 0. The van der Waals surface area contributed by atoms with Crippen molar-refractivity contribution in [3.05, 3.63) is 0 Å². The van der Waals surface area contributed by atoms with Crippen LogP contribution in [0.5, 0.6) is 0 Å². The first-order valence-corrected chi connectivity index (χ1v) is 5.09. The van der Waals surface area contributed by atoms with E-state index in [2.05, 4.69) is 11.8 Å². The number of carbonyl (C=O) groups excluding carboxylic acids is 1. The van der Waals surface area contributed by atoms with Crippen LogP contribution in [0, 0.1) is 11.8 Å². The Morgan fingerprint density at radius 3 is 2.33 bits per heavy atom. The fourth-order valence-corrected chi connectivity index (χ4v) is 2.34. The molecule has 2 fully saturated rings. The summed E-state index contributed by atoms with van der Waals surface area (Å²) in [6.45, 7) is 4.19. The van der Waals surface area contributed by atoms with Crippen molar-refractivity contribution < 1.29 is 4.79 Å². The average molecular weight is 167 g/mol. The van der Waals surface area contributed by atoms with Gasteiger partial charge in [-0.15, -0.1) is 0 Å². The van der Waals surface area contributed by atoms with E-state index in [4.69, 9.17) is 0 Å². The van der Waals surface area contributed by atoms with Crippen LogP contribution >= 0.6 is 0 Å². The highest BCUT2D eigenvalue weighted by atomic mass is 16.2. The predicted molar refractivity (Wildman–Crippen MR) is 47.7 cm³/mol. The number of carbonyl (C=O) groups is 1. The molecule has 1 aliphatic heterocycles. The lowest BCUT2D eigenvalue weighted by molar-refractivity contribution is -0.130. The van der Waals surface area contributed by atoms with Crippen LogP contribution in [0.4, 0.5) is 0 Å². The molecule has 1 saturated heterocycles. The fourth-order valence-electron chi connectivity index (χ4n) is 2.34. The highest BCUT2D eigenvalue weighted by Crippen LogP contribution is 2.40. The molecule has 0 aromatic heterocycles. The fraction of sp³-hybridized carbons (Fsp3) is 0.900. The minimum absolute atomic E-state index is 0.381. The number of amides is 1. The van der Waals surface area contributed by atoms with Crippen molar-refractivity contribution in [2.75, 3.05) is 13.1 Å². The van der Waals surface area contributed by atoms with Crippen LogP contribution in [0.3, 0.4) is 0 Å². The average Bonchev–Trinajstić information content (AvgIpc) is 2.29. The van der Waals surface area contributed by atoms with Gasteiger partial charge in [-0.25, -0.2) is 0 Å². The van der Waals surface area contributed by atoms with E-state index in [1.807, 2.05) is 0 Å². The maximum atomic E-state index is 11.5. The Morgan fingerprint density at radius 1 is 1.33 bits per heavy atom. The Balaban J connectivity index is 1.85. The van der Waals surface area contributed by atoms with Crippen LogP contribution < -0.4 is 0 Å². The number of fused-ring (bicyclic) bond motifs is 1. The van der Waals surface area contributed by atoms with Crippen molar-refractivity contribution in [3.63, 3.8) is 0 Å². The highest BCUT2D eigenvalue weighted by Gasteiger charge is 2.40. The monoisotopic (exact) mass is 167 g/mol. The molecule has 2 atom stereocenters. The second-order valence-electron chi connectivity index (χ2n) is 4.15. The van der Waals surface area contributed by atoms with Gasteiger partial charge in [0.1, 0.15) is 0 Å². The van der Waals surface area contributed by atoms with Gasteiger partial charge < -0.3 is 4.90 Å². The van der Waals surface area contributed by atoms with Crippen LogP contribution in [0.1, 0.15) is 32.6 Å². The molecule has 2 rings (SSSR count). The lowest BCUT2D eigenvalue weighted by Gasteiger charge is -2.27. The van der Waals surface area contributed by atoms with Gasteiger partial charge in [-0.05, 0) is 31.1 Å². The Morgan fingerprint density at radius 2 is 1.92 bits per heavy atom. The minimum atomic E-state index is 0.381. The first-order chi connectivity index (χ1) is 5.81. The van der Waals surface area contributed by atoms with Gasteiger partial charge in [-0.2, -0.15) is 0 Å². The van der Waals surface area contributed by atoms with Crippen LogP contribution in [0.2, 0.25) is 0 Å². The van der Waals surface area contributed by atoms with Crippen molar-refractivity contribution in [3.8, 4) is 0 Å². The van der Waals surface area contributed by atoms with Gasteiger partial charge in [-0.1, -0.05) is 6.92 Å². The number of rotatable bonds is 2. The normalized spacial score (nSPS) is 32.9. The summed E-state index contributed by atoms with van der Waals surface area (Å²) in [5.41, 5.74) is 0. The van der Waals surface area contributed by atoms with Gasteiger partial charge >= 0.3 is 0 Å². The third-order valence-electron chi connectivity index (χ3n) is 3.30. The van der Waals surface area contributed by atoms with E-state index in [0.717, 1.165) is 37.8 Å². The summed E-state index contributed by atoms with van der Waals surface area (Å²) < 4.78 is 0. The summed E-state index contributed by atoms with van der Waals surface area (Å²) in [7, 11) is 0. The lowest BCUT2D eigenvalue weighted by Crippen LogP contribution is -2.27. The van der Waals surface area contributed by atoms with E-state index in [-0.39, 0.29) is 0 Å². The van der Waals surface area contributed by atoms with Gasteiger partial charge in [0, 0.05) is 19.5 Å². The summed E-state index contributed by atoms with van der Waals surface area (Å²) in [6.07, 6.45) is 4.46. The van der Waals surface area contributed by atoms with Crippen molar-refractivity contribution in [2.24, 2.45) is 11.8 Å². The SMILES string of the molecule is CCCC(=O)N1CC2CCC2C1. The van der Waals surface area contributed by atoms with Crippen molar-refractivity contribution >= 4 is 5.91 Å². The predicted octanol–water partition coefficient (Wildman–Crippen LogP) is 1.65. The van der Waals surface area contributed by atoms with Gasteiger partial charge in [0.15, 0.2) is 0 Å². The molecule has 1 aliphatic carbocycles. The third-order valence-corrected chi connectivity index (χ3v) is 3.30. The molecule has 1 saturated carbocycles. The van der Waals surface area contributed by atoms with Crippen molar-refractivity contribution in [2.45, 2.75) is 32.6 Å². The summed E-state index contributed by atoms with van der Waals surface area (Å²) >= 11 is 0. The van der Waals surface area contributed by atoms with Crippen molar-refractivity contribution in [1.29, 1.82) is 0 Å². The van der Waals surface area contributed by atoms with E-state index in [1.165, 1.54) is 12.8 Å². The minimum Gasteiger partial charge on any atom is -0.342 e. The smallest absolute Gasteiger partial charge is 0.222 e. The van der Waals surface area contributed by atoms with Crippen molar-refractivity contribution in [1.82, 2.24) is 4.90 Å². The molecule has 12 heavy (non-hydrogen) atoms.